The zero-order valence-corrected chi connectivity index (χ0v) is 13.3. The maximum Gasteiger partial charge on any atom is 0.241 e. The van der Waals surface area contributed by atoms with E-state index in [9.17, 15) is 13.2 Å². The Morgan fingerprint density at radius 3 is 2.37 bits per heavy atom. The quantitative estimate of drug-likeness (QED) is 0.788. The number of hydrogen-bond donors (Lipinski definition) is 1. The molecule has 1 rings (SSSR count). The zero-order valence-electron chi connectivity index (χ0n) is 10.9. The molecule has 0 aliphatic rings. The van der Waals surface area contributed by atoms with Crippen molar-refractivity contribution in [3.8, 4) is 0 Å². The number of carbonyl (C=O) groups is 1. The number of hydrogen-bond acceptors (Lipinski definition) is 3. The third-order valence-electron chi connectivity index (χ3n) is 2.70. The third kappa shape index (κ3) is 4.59. The molecule has 0 spiro atoms. The van der Waals surface area contributed by atoms with Crippen LogP contribution in [0.3, 0.4) is 0 Å². The molecule has 0 heterocycles. The average Bonchev–Trinajstić information content (AvgIpc) is 2.44. The molecule has 19 heavy (non-hydrogen) atoms. The van der Waals surface area contributed by atoms with E-state index in [1.807, 2.05) is 6.92 Å². The Labute approximate surface area is 122 Å². The van der Waals surface area contributed by atoms with E-state index in [-0.39, 0.29) is 17.3 Å². The predicted octanol–water partition coefficient (Wildman–Crippen LogP) is 1.34. The Kier molecular flexibility index (Phi) is 5.96. The lowest BCUT2D eigenvalue weighted by atomic mass is 10.2. The molecule has 7 heteroatoms. The lowest BCUT2D eigenvalue weighted by Gasteiger charge is -2.14. The van der Waals surface area contributed by atoms with E-state index in [1.54, 1.807) is 19.2 Å². The van der Waals surface area contributed by atoms with Crippen molar-refractivity contribution in [3.63, 3.8) is 0 Å². The van der Waals surface area contributed by atoms with Gasteiger partial charge in [-0.05, 0) is 24.6 Å². The summed E-state index contributed by atoms with van der Waals surface area (Å²) in [4.78, 5) is 13.2. The van der Waals surface area contributed by atoms with Crippen molar-refractivity contribution < 1.29 is 13.2 Å². The number of carbonyl (C=O) groups excluding carboxylic acids is 1. The summed E-state index contributed by atoms with van der Waals surface area (Å²) < 4.78 is 26.2. The van der Waals surface area contributed by atoms with Gasteiger partial charge in [0, 0.05) is 18.9 Å². The first kappa shape index (κ1) is 16.1. The Balaban J connectivity index is 2.73. The topological polar surface area (TPSA) is 66.5 Å². The highest BCUT2D eigenvalue weighted by atomic mass is 79.9. The first-order valence-electron chi connectivity index (χ1n) is 5.79. The third-order valence-corrected chi connectivity index (χ3v) is 4.77. The van der Waals surface area contributed by atoms with Crippen LogP contribution in [0.5, 0.6) is 0 Å². The van der Waals surface area contributed by atoms with Crippen molar-refractivity contribution in [2.45, 2.75) is 17.1 Å². The lowest BCUT2D eigenvalue weighted by molar-refractivity contribution is -0.128. The van der Waals surface area contributed by atoms with Gasteiger partial charge in [-0.25, -0.2) is 13.1 Å². The van der Waals surface area contributed by atoms with Crippen molar-refractivity contribution in [3.05, 3.63) is 29.8 Å². The maximum atomic E-state index is 12.0. The number of nitrogens with zero attached hydrogens (tertiary/aromatic N) is 1. The van der Waals surface area contributed by atoms with Crippen molar-refractivity contribution in [2.24, 2.45) is 0 Å². The molecule has 106 valence electrons. The molecule has 0 saturated heterocycles. The van der Waals surface area contributed by atoms with Gasteiger partial charge in [-0.2, -0.15) is 0 Å². The second-order valence-corrected chi connectivity index (χ2v) is 6.34. The van der Waals surface area contributed by atoms with E-state index in [0.717, 1.165) is 5.56 Å². The Bertz CT molecular complexity index is 528. The van der Waals surface area contributed by atoms with Crippen LogP contribution in [0.2, 0.25) is 0 Å². The number of sulfonamides is 1. The number of amides is 1. The summed E-state index contributed by atoms with van der Waals surface area (Å²) in [5.41, 5.74) is 0.987. The van der Waals surface area contributed by atoms with E-state index in [1.165, 1.54) is 17.0 Å². The minimum Gasteiger partial charge on any atom is -0.345 e. The van der Waals surface area contributed by atoms with Gasteiger partial charge in [0.1, 0.15) is 0 Å². The second-order valence-electron chi connectivity index (χ2n) is 4.01. The summed E-state index contributed by atoms with van der Waals surface area (Å²) in [6.45, 7) is 2.14. The summed E-state index contributed by atoms with van der Waals surface area (Å²) >= 11 is 3.29. The number of nitrogens with one attached hydrogen (secondary N) is 1. The van der Waals surface area contributed by atoms with Crippen LogP contribution in [0.15, 0.2) is 29.2 Å². The van der Waals surface area contributed by atoms with Gasteiger partial charge in [-0.3, -0.25) is 4.79 Å². The number of benzene rings is 1. The van der Waals surface area contributed by atoms with Crippen molar-refractivity contribution in [1.29, 1.82) is 0 Å². The molecule has 0 aromatic heterocycles. The van der Waals surface area contributed by atoms with Gasteiger partial charge in [0.15, 0.2) is 0 Å². The van der Waals surface area contributed by atoms with Crippen LogP contribution in [0.4, 0.5) is 0 Å². The van der Waals surface area contributed by atoms with Gasteiger partial charge < -0.3 is 4.90 Å². The number of rotatable bonds is 6. The average molecular weight is 349 g/mol. The van der Waals surface area contributed by atoms with Crippen LogP contribution in [-0.2, 0) is 20.1 Å². The fourth-order valence-electron chi connectivity index (χ4n) is 1.31. The summed E-state index contributed by atoms with van der Waals surface area (Å²) in [5, 5.41) is 0.667. The molecule has 1 N–H and O–H groups in total. The van der Waals surface area contributed by atoms with Gasteiger partial charge in [-0.1, -0.05) is 28.1 Å². The molecule has 0 atom stereocenters. The maximum absolute atomic E-state index is 12.0. The monoisotopic (exact) mass is 348 g/mol. The second kappa shape index (κ2) is 7.02. The molecule has 0 aliphatic carbocycles. The Morgan fingerprint density at radius 1 is 1.32 bits per heavy atom. The first-order chi connectivity index (χ1) is 8.90. The van der Waals surface area contributed by atoms with Crippen molar-refractivity contribution in [1.82, 2.24) is 9.62 Å². The normalized spacial score (nSPS) is 11.3. The van der Waals surface area contributed by atoms with E-state index >= 15 is 0 Å². The molecule has 1 aromatic rings. The minimum atomic E-state index is -3.63. The molecule has 0 fully saturated rings. The minimum absolute atomic E-state index is 0.157. The van der Waals surface area contributed by atoms with Gasteiger partial charge in [0.25, 0.3) is 0 Å². The molecule has 1 aromatic carbocycles. The molecule has 0 aliphatic heterocycles. The largest absolute Gasteiger partial charge is 0.345 e. The first-order valence-corrected chi connectivity index (χ1v) is 8.39. The number of likely N-dealkylation sites (N-methyl/N-ethyl adjacent to an activating group) is 1. The lowest BCUT2D eigenvalue weighted by Crippen LogP contribution is -2.37. The molecule has 0 radical (unpaired) electrons. The van der Waals surface area contributed by atoms with E-state index in [0.29, 0.717) is 11.9 Å². The fourth-order valence-corrected chi connectivity index (χ4v) is 2.66. The van der Waals surface area contributed by atoms with E-state index in [4.69, 9.17) is 0 Å². The van der Waals surface area contributed by atoms with E-state index in [2.05, 4.69) is 20.7 Å². The molecule has 1 amide bonds. The van der Waals surface area contributed by atoms with Gasteiger partial charge in [0.05, 0.1) is 11.4 Å². The van der Waals surface area contributed by atoms with Crippen LogP contribution in [0, 0.1) is 0 Å². The zero-order chi connectivity index (χ0) is 14.5. The van der Waals surface area contributed by atoms with Crippen LogP contribution in [0.1, 0.15) is 12.5 Å². The van der Waals surface area contributed by atoms with Crippen LogP contribution < -0.4 is 4.72 Å². The molecular weight excluding hydrogens is 332 g/mol. The summed E-state index contributed by atoms with van der Waals surface area (Å²) in [7, 11) is -2.01. The number of halogens is 1. The van der Waals surface area contributed by atoms with Crippen molar-refractivity contribution >= 4 is 31.9 Å². The Hall–Kier alpha value is -0.920. The van der Waals surface area contributed by atoms with Gasteiger partial charge in [-0.15, -0.1) is 0 Å². The summed E-state index contributed by atoms with van der Waals surface area (Å²) in [5.74, 6) is -0.261. The standard InChI is InChI=1S/C12H17BrN2O3S/c1-3-15(2)12(16)9-14-19(17,18)11-6-4-10(8-13)5-7-11/h4-7,14H,3,8-9H2,1-2H3. The molecule has 0 bridgehead atoms. The Morgan fingerprint density at radius 2 is 1.89 bits per heavy atom. The van der Waals surface area contributed by atoms with Crippen LogP contribution >= 0.6 is 15.9 Å². The fraction of sp³-hybridized carbons (Fsp3) is 0.417. The molecule has 0 unspecified atom stereocenters. The highest BCUT2D eigenvalue weighted by molar-refractivity contribution is 9.08. The molecule has 0 saturated carbocycles. The number of alkyl halides is 1. The summed E-state index contributed by atoms with van der Waals surface area (Å²) in [6.07, 6.45) is 0. The molecule has 5 nitrogen and oxygen atoms in total. The SMILES string of the molecule is CCN(C)C(=O)CNS(=O)(=O)c1ccc(CBr)cc1. The van der Waals surface area contributed by atoms with E-state index < -0.39 is 10.0 Å². The smallest absolute Gasteiger partial charge is 0.241 e. The van der Waals surface area contributed by atoms with Gasteiger partial charge in [0.2, 0.25) is 15.9 Å². The summed E-state index contributed by atoms with van der Waals surface area (Å²) in [6, 6.07) is 6.49. The highest BCUT2D eigenvalue weighted by Gasteiger charge is 2.16. The van der Waals surface area contributed by atoms with Crippen LogP contribution in [0.25, 0.3) is 0 Å². The van der Waals surface area contributed by atoms with Crippen LogP contribution in [-0.4, -0.2) is 39.4 Å². The molecular formula is C12H17BrN2O3S. The van der Waals surface area contributed by atoms with Crippen molar-refractivity contribution in [2.75, 3.05) is 20.1 Å². The predicted molar refractivity (Wildman–Crippen MR) is 77.6 cm³/mol. The van der Waals surface area contributed by atoms with Gasteiger partial charge >= 0.3 is 0 Å². The highest BCUT2D eigenvalue weighted by Crippen LogP contribution is 2.12.